The normalized spacial score (nSPS) is 15.7. The van der Waals surface area contributed by atoms with Crippen LogP contribution in [0, 0.1) is 0 Å². The Morgan fingerprint density at radius 3 is 2.30 bits per heavy atom. The highest BCUT2D eigenvalue weighted by Crippen LogP contribution is 2.28. The molecule has 2 aromatic rings. The molecule has 10 heteroatoms. The molecule has 0 bridgehead atoms. The molecule has 0 unspecified atom stereocenters. The van der Waals surface area contributed by atoms with Crippen molar-refractivity contribution in [2.45, 2.75) is 30.2 Å². The highest BCUT2D eigenvalue weighted by atomic mass is 32.2. The molecule has 1 saturated heterocycles. The molecular formula is C20H20F3NO5S. The molecule has 0 aromatic heterocycles. The van der Waals surface area contributed by atoms with E-state index in [0.29, 0.717) is 25.9 Å². The lowest BCUT2D eigenvalue weighted by Crippen LogP contribution is -2.42. The molecule has 0 N–H and O–H groups in total. The smallest absolute Gasteiger partial charge is 0.490 e. The maximum atomic E-state index is 12.8. The van der Waals surface area contributed by atoms with E-state index in [0.717, 1.165) is 12.3 Å². The van der Waals surface area contributed by atoms with Gasteiger partial charge in [0.15, 0.2) is 9.84 Å². The summed E-state index contributed by atoms with van der Waals surface area (Å²) in [5.41, 5.74) is 0.122. The number of rotatable bonds is 5. The van der Waals surface area contributed by atoms with Crippen LogP contribution in [-0.4, -0.2) is 51.0 Å². The largest absolute Gasteiger partial charge is 0.573 e. The topological polar surface area (TPSA) is 72.9 Å². The lowest BCUT2D eigenvalue weighted by Gasteiger charge is -2.32. The number of ether oxygens (including phenoxy) is 2. The Labute approximate surface area is 172 Å². The Morgan fingerprint density at radius 1 is 1.03 bits per heavy atom. The summed E-state index contributed by atoms with van der Waals surface area (Å²) in [5, 5.41) is 0. The van der Waals surface area contributed by atoms with Crippen molar-refractivity contribution in [2.75, 3.05) is 19.3 Å². The first-order valence-electron chi connectivity index (χ1n) is 9.14. The average molecular weight is 443 g/mol. The number of carbonyl (C=O) groups excluding carboxylic acids is 1. The highest BCUT2D eigenvalue weighted by Gasteiger charge is 2.31. The van der Waals surface area contributed by atoms with Crippen LogP contribution in [-0.2, 0) is 9.84 Å². The van der Waals surface area contributed by atoms with Crippen molar-refractivity contribution in [2.24, 2.45) is 0 Å². The Morgan fingerprint density at radius 2 is 1.67 bits per heavy atom. The van der Waals surface area contributed by atoms with E-state index < -0.39 is 16.2 Å². The minimum absolute atomic E-state index is 0.0187. The van der Waals surface area contributed by atoms with Gasteiger partial charge in [0.2, 0.25) is 0 Å². The summed E-state index contributed by atoms with van der Waals surface area (Å²) in [4.78, 5) is 14.3. The molecule has 6 nitrogen and oxygen atoms in total. The van der Waals surface area contributed by atoms with Gasteiger partial charge in [-0.2, -0.15) is 0 Å². The molecule has 1 heterocycles. The molecular weight excluding hydrogens is 423 g/mol. The van der Waals surface area contributed by atoms with E-state index in [1.54, 1.807) is 17.0 Å². The number of alkyl halides is 3. The maximum absolute atomic E-state index is 12.8. The van der Waals surface area contributed by atoms with E-state index in [1.807, 2.05) is 0 Å². The van der Waals surface area contributed by atoms with E-state index in [-0.39, 0.29) is 34.0 Å². The molecule has 0 saturated carbocycles. The SMILES string of the molecule is CS(=O)(=O)c1ccccc1C(=O)N1CCC(Oc2cccc(OC(F)(F)F)c2)CC1. The fraction of sp³-hybridized carbons (Fsp3) is 0.350. The van der Waals surface area contributed by atoms with Gasteiger partial charge in [0.25, 0.3) is 5.91 Å². The van der Waals surface area contributed by atoms with Crippen LogP contribution < -0.4 is 9.47 Å². The van der Waals surface area contributed by atoms with Gasteiger partial charge in [0, 0.05) is 38.3 Å². The second kappa shape index (κ2) is 8.55. The summed E-state index contributed by atoms with van der Waals surface area (Å²) in [6, 6.07) is 11.3. The van der Waals surface area contributed by atoms with Gasteiger partial charge in [-0.25, -0.2) is 8.42 Å². The van der Waals surface area contributed by atoms with Crippen LogP contribution in [0.5, 0.6) is 11.5 Å². The quantitative estimate of drug-likeness (QED) is 0.705. The number of nitrogens with zero attached hydrogens (tertiary/aromatic N) is 1. The zero-order chi connectivity index (χ0) is 21.9. The predicted molar refractivity (Wildman–Crippen MR) is 102 cm³/mol. The molecule has 0 atom stereocenters. The lowest BCUT2D eigenvalue weighted by atomic mass is 10.1. The third kappa shape index (κ3) is 5.65. The van der Waals surface area contributed by atoms with Gasteiger partial charge >= 0.3 is 6.36 Å². The summed E-state index contributed by atoms with van der Waals surface area (Å²) in [6.45, 7) is 0.667. The van der Waals surface area contributed by atoms with Crippen LogP contribution in [0.3, 0.4) is 0 Å². The summed E-state index contributed by atoms with van der Waals surface area (Å²) in [6.07, 6.45) is -3.11. The van der Waals surface area contributed by atoms with E-state index in [4.69, 9.17) is 4.74 Å². The first-order chi connectivity index (χ1) is 14.0. The Bertz CT molecular complexity index is 1020. The van der Waals surface area contributed by atoms with Gasteiger partial charge in [-0.3, -0.25) is 4.79 Å². The first-order valence-corrected chi connectivity index (χ1v) is 11.0. The second-order valence-corrected chi connectivity index (χ2v) is 8.88. The Hall–Kier alpha value is -2.75. The van der Waals surface area contributed by atoms with Crippen molar-refractivity contribution in [3.8, 4) is 11.5 Å². The molecule has 0 radical (unpaired) electrons. The fourth-order valence-electron chi connectivity index (χ4n) is 3.25. The van der Waals surface area contributed by atoms with Gasteiger partial charge in [0.05, 0.1) is 10.5 Å². The number of hydrogen-bond acceptors (Lipinski definition) is 5. The molecule has 1 amide bonds. The zero-order valence-electron chi connectivity index (χ0n) is 16.1. The molecule has 1 aliphatic rings. The summed E-state index contributed by atoms with van der Waals surface area (Å²) in [5.74, 6) is -0.510. The van der Waals surface area contributed by atoms with Crippen molar-refractivity contribution in [3.63, 3.8) is 0 Å². The number of piperidine rings is 1. The van der Waals surface area contributed by atoms with Crippen LogP contribution >= 0.6 is 0 Å². The standard InChI is InChI=1S/C20H20F3NO5S/c1-30(26,27)18-8-3-2-7-17(18)19(25)24-11-9-14(10-12-24)28-15-5-4-6-16(13-15)29-20(21,22)23/h2-8,13-14H,9-12H2,1H3. The molecule has 1 fully saturated rings. The minimum atomic E-state index is -4.79. The summed E-state index contributed by atoms with van der Waals surface area (Å²) in [7, 11) is -3.55. The number of benzene rings is 2. The number of sulfone groups is 1. The molecule has 3 rings (SSSR count). The molecule has 1 aliphatic heterocycles. The minimum Gasteiger partial charge on any atom is -0.490 e. The number of carbonyl (C=O) groups is 1. The van der Waals surface area contributed by atoms with Crippen LogP contribution in [0.1, 0.15) is 23.2 Å². The van der Waals surface area contributed by atoms with Crippen molar-refractivity contribution in [1.29, 1.82) is 0 Å². The molecule has 2 aromatic carbocycles. The summed E-state index contributed by atoms with van der Waals surface area (Å²) < 4.78 is 70.6. The van der Waals surface area contributed by atoms with E-state index in [9.17, 15) is 26.4 Å². The number of amides is 1. The van der Waals surface area contributed by atoms with Gasteiger partial charge in [-0.15, -0.1) is 13.2 Å². The van der Waals surface area contributed by atoms with Gasteiger partial charge < -0.3 is 14.4 Å². The second-order valence-electron chi connectivity index (χ2n) is 6.90. The van der Waals surface area contributed by atoms with Crippen molar-refractivity contribution in [3.05, 3.63) is 54.1 Å². The zero-order valence-corrected chi connectivity index (χ0v) is 16.9. The maximum Gasteiger partial charge on any atom is 0.573 e. The van der Waals surface area contributed by atoms with Gasteiger partial charge in [-0.05, 0) is 24.3 Å². The van der Waals surface area contributed by atoms with Crippen LogP contribution in [0.4, 0.5) is 13.2 Å². The fourth-order valence-corrected chi connectivity index (χ4v) is 4.13. The van der Waals surface area contributed by atoms with Crippen molar-refractivity contribution < 1.29 is 35.9 Å². The van der Waals surface area contributed by atoms with Crippen LogP contribution in [0.2, 0.25) is 0 Å². The van der Waals surface area contributed by atoms with E-state index >= 15 is 0 Å². The number of hydrogen-bond donors (Lipinski definition) is 0. The molecule has 0 aliphatic carbocycles. The monoisotopic (exact) mass is 443 g/mol. The average Bonchev–Trinajstić information content (AvgIpc) is 2.66. The van der Waals surface area contributed by atoms with Gasteiger partial charge in [0.1, 0.15) is 17.6 Å². The summed E-state index contributed by atoms with van der Waals surface area (Å²) >= 11 is 0. The first kappa shape index (κ1) is 21.9. The lowest BCUT2D eigenvalue weighted by molar-refractivity contribution is -0.274. The Kier molecular flexibility index (Phi) is 6.25. The number of halogens is 3. The molecule has 0 spiro atoms. The van der Waals surface area contributed by atoms with Gasteiger partial charge in [-0.1, -0.05) is 18.2 Å². The van der Waals surface area contributed by atoms with Crippen molar-refractivity contribution in [1.82, 2.24) is 4.90 Å². The predicted octanol–water partition coefficient (Wildman–Crippen LogP) is 3.67. The van der Waals surface area contributed by atoms with E-state index in [2.05, 4.69) is 4.74 Å². The van der Waals surface area contributed by atoms with Crippen LogP contribution in [0.25, 0.3) is 0 Å². The highest BCUT2D eigenvalue weighted by molar-refractivity contribution is 7.90. The third-order valence-electron chi connectivity index (χ3n) is 4.59. The molecule has 30 heavy (non-hydrogen) atoms. The third-order valence-corrected chi connectivity index (χ3v) is 5.74. The number of likely N-dealkylation sites (tertiary alicyclic amines) is 1. The van der Waals surface area contributed by atoms with Crippen molar-refractivity contribution >= 4 is 15.7 Å². The van der Waals surface area contributed by atoms with E-state index in [1.165, 1.54) is 30.3 Å². The molecule has 162 valence electrons. The van der Waals surface area contributed by atoms with Crippen LogP contribution in [0.15, 0.2) is 53.4 Å². The Balaban J connectivity index is 1.62.